The maximum atomic E-state index is 12.6. The van der Waals surface area contributed by atoms with Crippen LogP contribution >= 0.6 is 0 Å². The van der Waals surface area contributed by atoms with Gasteiger partial charge in [0.15, 0.2) is 6.10 Å². The van der Waals surface area contributed by atoms with Gasteiger partial charge in [0.1, 0.15) is 11.5 Å². The molecule has 0 aliphatic rings. The van der Waals surface area contributed by atoms with Crippen LogP contribution in [0.2, 0.25) is 0 Å². The summed E-state index contributed by atoms with van der Waals surface area (Å²) in [6.45, 7) is 1.89. The molecule has 0 spiro atoms. The van der Waals surface area contributed by atoms with Crippen molar-refractivity contribution in [2.24, 2.45) is 0 Å². The Morgan fingerprint density at radius 2 is 1.89 bits per heavy atom. The summed E-state index contributed by atoms with van der Waals surface area (Å²) in [6.07, 6.45) is -0.668. The Morgan fingerprint density at radius 1 is 1.15 bits per heavy atom. The van der Waals surface area contributed by atoms with Crippen molar-refractivity contribution in [2.75, 3.05) is 14.2 Å². The summed E-state index contributed by atoms with van der Waals surface area (Å²) in [5.41, 5.74) is 0.858. The van der Waals surface area contributed by atoms with E-state index in [-0.39, 0.29) is 12.5 Å². The Labute approximate surface area is 157 Å². The van der Waals surface area contributed by atoms with E-state index < -0.39 is 6.10 Å². The molecular formula is C20H21N3O4. The lowest BCUT2D eigenvalue weighted by Gasteiger charge is -2.20. The van der Waals surface area contributed by atoms with E-state index >= 15 is 0 Å². The Balaban J connectivity index is 1.61. The van der Waals surface area contributed by atoms with Gasteiger partial charge in [-0.2, -0.15) is 4.98 Å². The lowest BCUT2D eigenvalue weighted by Crippen LogP contribution is -2.37. The highest BCUT2D eigenvalue weighted by atomic mass is 16.5. The second-order valence-electron chi connectivity index (χ2n) is 6.01. The molecule has 0 fully saturated rings. The average molecular weight is 367 g/mol. The maximum absolute atomic E-state index is 12.6. The summed E-state index contributed by atoms with van der Waals surface area (Å²) in [5, 5.41) is 3.96. The summed E-state index contributed by atoms with van der Waals surface area (Å²) in [4.78, 5) is 18.4. The van der Waals surface area contributed by atoms with Crippen molar-refractivity contribution in [3.63, 3.8) is 0 Å². The molecule has 140 valence electrons. The molecule has 0 bridgehead atoms. The van der Waals surface area contributed by atoms with Crippen molar-refractivity contribution < 1.29 is 18.8 Å². The van der Waals surface area contributed by atoms with Crippen molar-refractivity contribution in [2.45, 2.75) is 19.6 Å². The second kappa shape index (κ2) is 8.35. The topological polar surface area (TPSA) is 77.7 Å². The molecule has 0 saturated heterocycles. The van der Waals surface area contributed by atoms with Crippen LogP contribution in [-0.4, -0.2) is 41.2 Å². The molecule has 3 rings (SSSR count). The molecule has 0 saturated carbocycles. The number of ether oxygens (including phenoxy) is 2. The lowest BCUT2D eigenvalue weighted by molar-refractivity contribution is -0.137. The molecule has 7 heteroatoms. The number of carbonyl (C=O) groups is 1. The average Bonchev–Trinajstić information content (AvgIpc) is 3.16. The van der Waals surface area contributed by atoms with Crippen molar-refractivity contribution in [3.8, 4) is 22.9 Å². The second-order valence-corrected chi connectivity index (χ2v) is 6.01. The normalized spacial score (nSPS) is 11.7. The molecule has 1 heterocycles. The Hall–Kier alpha value is -3.35. The van der Waals surface area contributed by atoms with Crippen LogP contribution < -0.4 is 9.47 Å². The van der Waals surface area contributed by atoms with Crippen molar-refractivity contribution >= 4 is 5.91 Å². The molecule has 0 aliphatic carbocycles. The van der Waals surface area contributed by atoms with Gasteiger partial charge in [0, 0.05) is 18.7 Å². The molecule has 27 heavy (non-hydrogen) atoms. The van der Waals surface area contributed by atoms with Crippen LogP contribution in [0.1, 0.15) is 12.8 Å². The van der Waals surface area contributed by atoms with Gasteiger partial charge in [0.2, 0.25) is 11.7 Å². The van der Waals surface area contributed by atoms with Crippen LogP contribution in [-0.2, 0) is 11.3 Å². The number of aromatic nitrogens is 2. The van der Waals surface area contributed by atoms with Crippen molar-refractivity contribution in [3.05, 3.63) is 60.5 Å². The van der Waals surface area contributed by atoms with Gasteiger partial charge in [0.05, 0.1) is 13.7 Å². The summed E-state index contributed by atoms with van der Waals surface area (Å²) in [7, 11) is 3.25. The van der Waals surface area contributed by atoms with Gasteiger partial charge in [-0.3, -0.25) is 4.79 Å². The van der Waals surface area contributed by atoms with Crippen molar-refractivity contribution in [1.29, 1.82) is 0 Å². The lowest BCUT2D eigenvalue weighted by atomic mass is 10.2. The number of benzene rings is 2. The number of hydrogen-bond donors (Lipinski definition) is 0. The van der Waals surface area contributed by atoms with Gasteiger partial charge < -0.3 is 18.9 Å². The van der Waals surface area contributed by atoms with E-state index in [0.29, 0.717) is 23.2 Å². The summed E-state index contributed by atoms with van der Waals surface area (Å²) < 4.78 is 16.1. The van der Waals surface area contributed by atoms with E-state index in [0.717, 1.165) is 5.56 Å². The minimum absolute atomic E-state index is 0.197. The minimum Gasteiger partial charge on any atom is -0.497 e. The van der Waals surface area contributed by atoms with Gasteiger partial charge in [0.25, 0.3) is 5.91 Å². The first-order valence-corrected chi connectivity index (χ1v) is 8.50. The third-order valence-electron chi connectivity index (χ3n) is 3.95. The first-order valence-electron chi connectivity index (χ1n) is 8.50. The van der Waals surface area contributed by atoms with E-state index in [1.807, 2.05) is 36.4 Å². The third kappa shape index (κ3) is 4.63. The van der Waals surface area contributed by atoms with E-state index in [1.54, 1.807) is 39.3 Å². The van der Waals surface area contributed by atoms with Gasteiger partial charge in [-0.1, -0.05) is 41.6 Å². The first kappa shape index (κ1) is 18.4. The molecular weight excluding hydrogens is 346 g/mol. The van der Waals surface area contributed by atoms with Gasteiger partial charge >= 0.3 is 0 Å². The molecule has 1 amide bonds. The van der Waals surface area contributed by atoms with E-state index in [2.05, 4.69) is 10.1 Å². The molecule has 0 radical (unpaired) electrons. The zero-order valence-electron chi connectivity index (χ0n) is 15.5. The number of carbonyl (C=O) groups excluding carboxylic acids is 1. The fraction of sp³-hybridized carbons (Fsp3) is 0.250. The Morgan fingerprint density at radius 3 is 2.63 bits per heavy atom. The Kier molecular flexibility index (Phi) is 5.71. The zero-order valence-corrected chi connectivity index (χ0v) is 15.5. The summed E-state index contributed by atoms with van der Waals surface area (Å²) in [5.74, 6) is 1.88. The van der Waals surface area contributed by atoms with Crippen LogP contribution in [0.3, 0.4) is 0 Å². The number of methoxy groups -OCH3 is 1. The molecule has 0 aliphatic heterocycles. The molecule has 0 N–H and O–H groups in total. The third-order valence-corrected chi connectivity index (χ3v) is 3.95. The SMILES string of the molecule is COc1cccc(OC(C)C(=O)N(C)Cc2nc(-c3ccccc3)no2)c1. The van der Waals surface area contributed by atoms with Gasteiger partial charge in [-0.15, -0.1) is 0 Å². The summed E-state index contributed by atoms with van der Waals surface area (Å²) in [6, 6.07) is 16.6. The number of rotatable bonds is 7. The smallest absolute Gasteiger partial charge is 0.263 e. The van der Waals surface area contributed by atoms with Crippen molar-refractivity contribution in [1.82, 2.24) is 15.0 Å². The van der Waals surface area contributed by atoms with E-state index in [9.17, 15) is 4.79 Å². The zero-order chi connectivity index (χ0) is 19.2. The highest BCUT2D eigenvalue weighted by Gasteiger charge is 2.21. The number of amides is 1. The van der Waals surface area contributed by atoms with Crippen LogP contribution in [0.5, 0.6) is 11.5 Å². The number of hydrogen-bond acceptors (Lipinski definition) is 6. The fourth-order valence-electron chi connectivity index (χ4n) is 2.54. The highest BCUT2D eigenvalue weighted by Crippen LogP contribution is 2.20. The predicted octanol–water partition coefficient (Wildman–Crippen LogP) is 3.17. The number of likely N-dealkylation sites (N-methyl/N-ethyl adjacent to an activating group) is 1. The fourth-order valence-corrected chi connectivity index (χ4v) is 2.54. The van der Waals surface area contributed by atoms with Gasteiger partial charge in [-0.25, -0.2) is 0 Å². The maximum Gasteiger partial charge on any atom is 0.263 e. The quantitative estimate of drug-likeness (QED) is 0.638. The number of nitrogens with zero attached hydrogens (tertiary/aromatic N) is 3. The monoisotopic (exact) mass is 367 g/mol. The summed E-state index contributed by atoms with van der Waals surface area (Å²) >= 11 is 0. The largest absolute Gasteiger partial charge is 0.497 e. The van der Waals surface area contributed by atoms with E-state index in [1.165, 1.54) is 4.90 Å². The molecule has 2 aromatic carbocycles. The molecule has 1 atom stereocenters. The van der Waals surface area contributed by atoms with E-state index in [4.69, 9.17) is 14.0 Å². The molecule has 3 aromatic rings. The minimum atomic E-state index is -0.668. The van der Waals surface area contributed by atoms with Crippen LogP contribution in [0.4, 0.5) is 0 Å². The Bertz CT molecular complexity index is 895. The standard InChI is InChI=1S/C20H21N3O4/c1-14(26-17-11-7-10-16(12-17)25-3)20(24)23(2)13-18-21-19(22-27-18)15-8-5-4-6-9-15/h4-12,14H,13H2,1-3H3. The van der Waals surface area contributed by atoms with Crippen LogP contribution in [0.15, 0.2) is 59.1 Å². The van der Waals surface area contributed by atoms with Crippen LogP contribution in [0.25, 0.3) is 11.4 Å². The molecule has 7 nitrogen and oxygen atoms in total. The highest BCUT2D eigenvalue weighted by molar-refractivity contribution is 5.80. The molecule has 1 aromatic heterocycles. The van der Waals surface area contributed by atoms with Gasteiger partial charge in [-0.05, 0) is 19.1 Å². The predicted molar refractivity (Wildman–Crippen MR) is 99.3 cm³/mol. The molecule has 1 unspecified atom stereocenters. The van der Waals surface area contributed by atoms with Crippen LogP contribution in [0, 0.1) is 0 Å². The first-order chi connectivity index (χ1) is 13.1.